The molecule has 2 rings (SSSR count). The average molecular weight is 356 g/mol. The Morgan fingerprint density at radius 1 is 0.720 bits per heavy atom. The summed E-state index contributed by atoms with van der Waals surface area (Å²) >= 11 is 0. The summed E-state index contributed by atoms with van der Waals surface area (Å²) < 4.78 is 14.7. The van der Waals surface area contributed by atoms with E-state index in [0.29, 0.717) is 0 Å². The number of aliphatic hydroxyl groups is 2. The molecule has 7 nitrogen and oxygen atoms in total. The van der Waals surface area contributed by atoms with Crippen LogP contribution in [-0.2, 0) is 14.2 Å². The van der Waals surface area contributed by atoms with E-state index in [0.717, 1.165) is 51.4 Å². The Bertz CT molecular complexity index is 402. The van der Waals surface area contributed by atoms with Crippen molar-refractivity contribution >= 4 is 12.3 Å². The van der Waals surface area contributed by atoms with Crippen LogP contribution < -0.4 is 0 Å². The molecule has 0 radical (unpaired) electrons. The van der Waals surface area contributed by atoms with Gasteiger partial charge in [-0.1, -0.05) is 24.7 Å². The second-order valence-electron chi connectivity index (χ2n) is 6.03. The molecule has 0 amide bonds. The highest BCUT2D eigenvalue weighted by molar-refractivity contribution is 5.77. The second kappa shape index (κ2) is 13.5. The molecule has 0 atom stereocenters. The van der Waals surface area contributed by atoms with Crippen molar-refractivity contribution in [2.45, 2.75) is 76.4 Å². The summed E-state index contributed by atoms with van der Waals surface area (Å²) in [6, 6.07) is 0. The van der Waals surface area contributed by atoms with Crippen LogP contribution in [0, 0.1) is 11.8 Å². The molecule has 0 spiro atoms. The molecule has 2 saturated carbocycles. The largest absolute Gasteiger partial charge is 0.518 e. The van der Waals surface area contributed by atoms with Crippen molar-refractivity contribution in [2.24, 2.45) is 0 Å². The zero-order chi connectivity index (χ0) is 18.3. The van der Waals surface area contributed by atoms with E-state index in [-0.39, 0.29) is 25.4 Å². The minimum absolute atomic E-state index is 0.108. The third-order valence-electron chi connectivity index (χ3n) is 4.08. The van der Waals surface area contributed by atoms with Crippen LogP contribution >= 0.6 is 0 Å². The number of hydrogen-bond acceptors (Lipinski definition) is 7. The highest BCUT2D eigenvalue weighted by atomic mass is 16.8. The van der Waals surface area contributed by atoms with Crippen molar-refractivity contribution < 1.29 is 34.0 Å². The minimum Gasteiger partial charge on any atom is -0.431 e. The highest BCUT2D eigenvalue weighted by Gasteiger charge is 2.24. The summed E-state index contributed by atoms with van der Waals surface area (Å²) in [5.74, 6) is 4.51. The van der Waals surface area contributed by atoms with Gasteiger partial charge in [-0.15, -0.1) is 0 Å². The lowest BCUT2D eigenvalue weighted by molar-refractivity contribution is -0.0100. The fraction of sp³-hybridized carbons (Fsp3) is 0.778. The SMILES string of the molecule is O=C(OC(=O)OC1CCCCC1)OC1CCCCC1.OCC#CCO. The van der Waals surface area contributed by atoms with Gasteiger partial charge in [0.1, 0.15) is 25.4 Å². The molecule has 2 aliphatic rings. The summed E-state index contributed by atoms with van der Waals surface area (Å²) in [5.41, 5.74) is 0. The lowest BCUT2D eigenvalue weighted by atomic mass is 9.98. The van der Waals surface area contributed by atoms with Gasteiger partial charge in [-0.3, -0.25) is 0 Å². The van der Waals surface area contributed by atoms with Crippen LogP contribution in [0.2, 0.25) is 0 Å². The number of carbonyl (C=O) groups excluding carboxylic acids is 2. The predicted octanol–water partition coefficient (Wildman–Crippen LogP) is 2.92. The number of carbonyl (C=O) groups is 2. The van der Waals surface area contributed by atoms with Gasteiger partial charge in [0.05, 0.1) is 0 Å². The topological polar surface area (TPSA) is 102 Å². The Balaban J connectivity index is 0.000000450. The smallest absolute Gasteiger partial charge is 0.431 e. The Morgan fingerprint density at radius 3 is 1.40 bits per heavy atom. The van der Waals surface area contributed by atoms with Crippen molar-refractivity contribution in [1.82, 2.24) is 0 Å². The van der Waals surface area contributed by atoms with E-state index in [9.17, 15) is 9.59 Å². The van der Waals surface area contributed by atoms with Crippen LogP contribution in [0.5, 0.6) is 0 Å². The molecule has 0 bridgehead atoms. The van der Waals surface area contributed by atoms with Gasteiger partial charge in [0, 0.05) is 0 Å². The Kier molecular flexibility index (Phi) is 11.5. The fourth-order valence-corrected chi connectivity index (χ4v) is 2.87. The van der Waals surface area contributed by atoms with E-state index in [2.05, 4.69) is 16.6 Å². The molecule has 0 heterocycles. The first-order valence-corrected chi connectivity index (χ1v) is 8.92. The number of aliphatic hydroxyl groups excluding tert-OH is 2. The lowest BCUT2D eigenvalue weighted by Crippen LogP contribution is -2.26. The molecule has 2 aliphatic carbocycles. The van der Waals surface area contributed by atoms with E-state index in [1.165, 1.54) is 12.8 Å². The first-order valence-electron chi connectivity index (χ1n) is 8.92. The van der Waals surface area contributed by atoms with Crippen LogP contribution in [0.3, 0.4) is 0 Å². The molecule has 0 aromatic rings. The molecule has 2 N–H and O–H groups in total. The molecule has 2 fully saturated rings. The second-order valence-corrected chi connectivity index (χ2v) is 6.03. The molecular weight excluding hydrogens is 328 g/mol. The average Bonchev–Trinajstić information content (AvgIpc) is 2.62. The molecule has 0 aromatic heterocycles. The quantitative estimate of drug-likeness (QED) is 0.445. The molecule has 0 aromatic carbocycles. The molecule has 25 heavy (non-hydrogen) atoms. The first kappa shape index (κ1) is 21.3. The zero-order valence-corrected chi connectivity index (χ0v) is 14.6. The third-order valence-corrected chi connectivity index (χ3v) is 4.08. The van der Waals surface area contributed by atoms with Gasteiger partial charge in [0.25, 0.3) is 0 Å². The van der Waals surface area contributed by atoms with Crippen LogP contribution in [0.15, 0.2) is 0 Å². The van der Waals surface area contributed by atoms with Gasteiger partial charge in [-0.2, -0.15) is 0 Å². The van der Waals surface area contributed by atoms with Crippen molar-refractivity contribution in [3.63, 3.8) is 0 Å². The Morgan fingerprint density at radius 2 is 1.08 bits per heavy atom. The van der Waals surface area contributed by atoms with Crippen molar-refractivity contribution in [1.29, 1.82) is 0 Å². The summed E-state index contributed by atoms with van der Waals surface area (Å²) in [5, 5.41) is 15.8. The monoisotopic (exact) mass is 356 g/mol. The van der Waals surface area contributed by atoms with Gasteiger partial charge in [-0.05, 0) is 51.4 Å². The van der Waals surface area contributed by atoms with Gasteiger partial charge < -0.3 is 24.4 Å². The van der Waals surface area contributed by atoms with Crippen molar-refractivity contribution in [3.05, 3.63) is 0 Å². The van der Waals surface area contributed by atoms with Crippen molar-refractivity contribution in [2.75, 3.05) is 13.2 Å². The van der Waals surface area contributed by atoms with Crippen LogP contribution in [0.4, 0.5) is 9.59 Å². The Hall–Kier alpha value is -1.78. The van der Waals surface area contributed by atoms with Gasteiger partial charge in [-0.25, -0.2) is 9.59 Å². The van der Waals surface area contributed by atoms with Gasteiger partial charge in [0.15, 0.2) is 0 Å². The zero-order valence-electron chi connectivity index (χ0n) is 14.6. The standard InChI is InChI=1S/C14H22O5.C4H6O2/c15-13(17-11-7-3-1-4-8-11)19-14(16)18-12-9-5-2-6-10-12;5-3-1-2-4-6/h11-12H,1-10H2;5-6H,3-4H2. The summed E-state index contributed by atoms with van der Waals surface area (Å²) in [6.07, 6.45) is 7.95. The van der Waals surface area contributed by atoms with Crippen LogP contribution in [0.1, 0.15) is 64.2 Å². The van der Waals surface area contributed by atoms with E-state index in [1.54, 1.807) is 0 Å². The van der Waals surface area contributed by atoms with Crippen LogP contribution in [-0.4, -0.2) is 47.9 Å². The highest BCUT2D eigenvalue weighted by Crippen LogP contribution is 2.22. The summed E-state index contributed by atoms with van der Waals surface area (Å²) in [6.45, 7) is -0.332. The van der Waals surface area contributed by atoms with E-state index in [4.69, 9.17) is 19.7 Å². The number of ether oxygens (including phenoxy) is 3. The number of hydrogen-bond donors (Lipinski definition) is 2. The molecule has 7 heteroatoms. The molecule has 0 unspecified atom stereocenters. The fourth-order valence-electron chi connectivity index (χ4n) is 2.87. The normalized spacial score (nSPS) is 18.0. The third kappa shape index (κ3) is 10.6. The molecular formula is C18H28O7. The summed E-state index contributed by atoms with van der Waals surface area (Å²) in [4.78, 5) is 22.8. The maximum Gasteiger partial charge on any atom is 0.518 e. The molecule has 0 aliphatic heterocycles. The number of rotatable bonds is 2. The Labute approximate surface area is 148 Å². The van der Waals surface area contributed by atoms with Crippen LogP contribution in [0.25, 0.3) is 0 Å². The first-order chi connectivity index (χ1) is 12.2. The maximum atomic E-state index is 11.4. The molecule has 0 saturated heterocycles. The van der Waals surface area contributed by atoms with E-state index < -0.39 is 12.3 Å². The van der Waals surface area contributed by atoms with Gasteiger partial charge in [0.2, 0.25) is 0 Å². The maximum absolute atomic E-state index is 11.4. The molecule has 142 valence electrons. The van der Waals surface area contributed by atoms with Crippen molar-refractivity contribution in [3.8, 4) is 11.8 Å². The predicted molar refractivity (Wildman–Crippen MR) is 89.7 cm³/mol. The lowest BCUT2D eigenvalue weighted by Gasteiger charge is -2.22. The minimum atomic E-state index is -0.923. The van der Waals surface area contributed by atoms with E-state index >= 15 is 0 Å². The van der Waals surface area contributed by atoms with E-state index in [1.807, 2.05) is 0 Å². The van der Waals surface area contributed by atoms with Gasteiger partial charge >= 0.3 is 12.3 Å². The summed E-state index contributed by atoms with van der Waals surface area (Å²) in [7, 11) is 0.